The summed E-state index contributed by atoms with van der Waals surface area (Å²) in [7, 11) is -4.10. The second-order valence-electron chi connectivity index (χ2n) is 11.8. The molecule has 2 aromatic carbocycles. The van der Waals surface area contributed by atoms with Crippen LogP contribution in [0.5, 0.6) is 5.75 Å². The number of hydrogen-bond donors (Lipinski definition) is 4. The van der Waals surface area contributed by atoms with Crippen LogP contribution in [0.25, 0.3) is 0 Å². The molecule has 1 heterocycles. The van der Waals surface area contributed by atoms with Crippen LogP contribution in [-0.4, -0.2) is 76.9 Å². The molecular formula is C34H45Cl2FN3O11P. The molecule has 1 saturated heterocycles. The SMILES string of the molecule is CC(C)=C1OC(=O)N(c2cc(OC3CCCC3)c(Cl)cc2F)C1=O.CCOCN(C(=O)CCl)c1c(C)cccc1CC.O=C(O)CNCP(=O)(O)O. The van der Waals surface area contributed by atoms with Gasteiger partial charge in [-0.1, -0.05) is 36.7 Å². The van der Waals surface area contributed by atoms with Crippen molar-refractivity contribution in [3.63, 3.8) is 0 Å². The molecule has 4 rings (SSSR count). The molecule has 2 aliphatic rings. The van der Waals surface area contributed by atoms with E-state index in [0.717, 1.165) is 55.0 Å². The number of rotatable bonds is 13. The molecule has 4 N–H and O–H groups in total. The highest BCUT2D eigenvalue weighted by Crippen LogP contribution is 2.37. The molecule has 0 unspecified atom stereocenters. The van der Waals surface area contributed by atoms with Gasteiger partial charge < -0.3 is 29.1 Å². The monoisotopic (exact) mass is 791 g/mol. The van der Waals surface area contributed by atoms with Gasteiger partial charge in [0.2, 0.25) is 5.91 Å². The summed E-state index contributed by atoms with van der Waals surface area (Å²) in [6.45, 7) is 9.62. The minimum atomic E-state index is -4.10. The predicted molar refractivity (Wildman–Crippen MR) is 194 cm³/mol. The van der Waals surface area contributed by atoms with Gasteiger partial charge >= 0.3 is 25.6 Å². The summed E-state index contributed by atoms with van der Waals surface area (Å²) in [6, 6.07) is 8.35. The van der Waals surface area contributed by atoms with Crippen LogP contribution >= 0.6 is 30.8 Å². The van der Waals surface area contributed by atoms with Crippen LogP contribution < -0.4 is 19.9 Å². The number of cyclic esters (lactones) is 1. The number of benzene rings is 2. The summed E-state index contributed by atoms with van der Waals surface area (Å²) in [5.41, 5.74) is 3.44. The van der Waals surface area contributed by atoms with E-state index >= 15 is 0 Å². The number of para-hydroxylation sites is 1. The fourth-order valence-corrected chi connectivity index (χ4v) is 5.81. The highest BCUT2D eigenvalue weighted by atomic mass is 35.5. The first-order valence-electron chi connectivity index (χ1n) is 16.3. The van der Waals surface area contributed by atoms with Crippen LogP contribution in [0.4, 0.5) is 20.6 Å². The van der Waals surface area contributed by atoms with Gasteiger partial charge in [-0.05, 0) is 82.6 Å². The van der Waals surface area contributed by atoms with Crippen LogP contribution in [-0.2, 0) is 34.8 Å². The molecule has 0 aromatic heterocycles. The largest absolute Gasteiger partial charge is 0.489 e. The number of ether oxygens (including phenoxy) is 3. The molecule has 2 aromatic rings. The number of aliphatic carboxylic acids is 1. The van der Waals surface area contributed by atoms with Gasteiger partial charge in [0.15, 0.2) is 5.76 Å². The normalized spacial score (nSPS) is 14.3. The second-order valence-corrected chi connectivity index (χ2v) is 14.1. The molecule has 14 nitrogen and oxygen atoms in total. The number of carboxylic acid groups (broad SMARTS) is 1. The van der Waals surface area contributed by atoms with Crippen LogP contribution in [0, 0.1) is 12.7 Å². The Hall–Kier alpha value is -3.56. The molecule has 0 atom stereocenters. The molecule has 18 heteroatoms. The van der Waals surface area contributed by atoms with Crippen molar-refractivity contribution in [2.75, 3.05) is 41.8 Å². The fourth-order valence-electron chi connectivity index (χ4n) is 5.07. The van der Waals surface area contributed by atoms with E-state index in [1.807, 2.05) is 32.0 Å². The third-order valence-corrected chi connectivity index (χ3v) is 8.63. The van der Waals surface area contributed by atoms with Gasteiger partial charge in [0.25, 0.3) is 0 Å². The maximum atomic E-state index is 14.3. The number of anilines is 2. The standard InChI is InChI=1S/C17H17ClFNO4.C14H20ClNO2.C3H8NO5P/c1-9(2)15-16(21)20(17(22)24-15)13-8-14(11(18)7-12(13)19)23-10-5-3-4-6-10;1-4-12-8-6-7-11(3)14(12)16(10-18-5-2)13(17)9-15;5-3(6)1-4-2-10(7,8)9/h7-8,10H,3-6H2,1-2H3;6-8H,4-5,9-10H2,1-3H3;4H,1-2H2,(H,5,6)(H2,7,8,9). The minimum Gasteiger partial charge on any atom is -0.489 e. The quantitative estimate of drug-likeness (QED) is 0.0747. The number of carboxylic acids is 1. The van der Waals surface area contributed by atoms with Gasteiger partial charge in [-0.25, -0.2) is 14.1 Å². The number of carbonyl (C=O) groups excluding carboxylic acids is 3. The molecule has 3 amide bonds. The Morgan fingerprint density at radius 2 is 1.81 bits per heavy atom. The molecule has 0 spiro atoms. The lowest BCUT2D eigenvalue weighted by molar-refractivity contribution is -0.135. The van der Waals surface area contributed by atoms with E-state index in [0.29, 0.717) is 17.1 Å². The van der Waals surface area contributed by atoms with Gasteiger partial charge in [0.1, 0.15) is 24.2 Å². The summed E-state index contributed by atoms with van der Waals surface area (Å²) in [5.74, 6) is -2.64. The Morgan fingerprint density at radius 3 is 2.33 bits per heavy atom. The number of aryl methyl sites for hydroxylation is 2. The number of amides is 3. The number of halogens is 3. The lowest BCUT2D eigenvalue weighted by atomic mass is 10.0. The van der Waals surface area contributed by atoms with E-state index < -0.39 is 44.2 Å². The number of alkyl halides is 1. The first kappa shape index (κ1) is 44.6. The van der Waals surface area contributed by atoms with Gasteiger partial charge in [-0.2, -0.15) is 0 Å². The van der Waals surface area contributed by atoms with E-state index in [9.17, 15) is 28.1 Å². The zero-order valence-corrected chi connectivity index (χ0v) is 32.0. The van der Waals surface area contributed by atoms with Crippen molar-refractivity contribution >= 4 is 66.0 Å². The van der Waals surface area contributed by atoms with Crippen molar-refractivity contribution in [1.82, 2.24) is 5.32 Å². The molecular weight excluding hydrogens is 747 g/mol. The van der Waals surface area contributed by atoms with Crippen molar-refractivity contribution in [1.29, 1.82) is 0 Å². The van der Waals surface area contributed by atoms with Crippen molar-refractivity contribution in [3.8, 4) is 5.75 Å². The number of hydrogen-bond acceptors (Lipinski definition) is 9. The highest BCUT2D eigenvalue weighted by molar-refractivity contribution is 7.51. The van der Waals surface area contributed by atoms with Gasteiger partial charge in [0.05, 0.1) is 35.3 Å². The minimum absolute atomic E-state index is 0.00962. The van der Waals surface area contributed by atoms with E-state index in [1.54, 1.807) is 18.7 Å². The average Bonchev–Trinajstić information content (AvgIpc) is 3.69. The van der Waals surface area contributed by atoms with E-state index in [4.69, 9.17) is 52.3 Å². The highest BCUT2D eigenvalue weighted by Gasteiger charge is 2.40. The fraction of sp³-hybridized carbons (Fsp3) is 0.471. The topological polar surface area (TPSA) is 192 Å². The molecule has 1 saturated carbocycles. The summed E-state index contributed by atoms with van der Waals surface area (Å²) in [6.07, 6.45) is 3.27. The zero-order valence-electron chi connectivity index (χ0n) is 29.6. The Balaban J connectivity index is 0.000000295. The lowest BCUT2D eigenvalue weighted by Gasteiger charge is -2.25. The smallest absolute Gasteiger partial charge is 0.427 e. The molecule has 2 fully saturated rings. The Kier molecular flexibility index (Phi) is 18.2. The van der Waals surface area contributed by atoms with Crippen LogP contribution in [0.15, 0.2) is 41.7 Å². The number of nitrogens with zero attached hydrogens (tertiary/aromatic N) is 2. The number of allylic oxidation sites excluding steroid dienone is 1. The predicted octanol–water partition coefficient (Wildman–Crippen LogP) is 6.50. The molecule has 1 aliphatic heterocycles. The second kappa shape index (κ2) is 21.2. The van der Waals surface area contributed by atoms with Crippen molar-refractivity contribution < 1.29 is 57.2 Å². The number of carbonyl (C=O) groups is 4. The third kappa shape index (κ3) is 13.4. The zero-order chi connectivity index (χ0) is 39.2. The summed E-state index contributed by atoms with van der Waals surface area (Å²) >= 11 is 11.7. The molecule has 0 radical (unpaired) electrons. The lowest BCUT2D eigenvalue weighted by Crippen LogP contribution is -2.35. The van der Waals surface area contributed by atoms with Crippen LogP contribution in [0.3, 0.4) is 0 Å². The van der Waals surface area contributed by atoms with Crippen LogP contribution in [0.1, 0.15) is 64.5 Å². The van der Waals surface area contributed by atoms with Gasteiger partial charge in [-0.15, -0.1) is 11.6 Å². The summed E-state index contributed by atoms with van der Waals surface area (Å²) in [5, 5.41) is 10.2. The van der Waals surface area contributed by atoms with Crippen molar-refractivity contribution in [2.24, 2.45) is 0 Å². The van der Waals surface area contributed by atoms with E-state index in [-0.39, 0.29) is 46.8 Å². The first-order chi connectivity index (χ1) is 24.4. The van der Waals surface area contributed by atoms with Crippen molar-refractivity contribution in [3.05, 3.63) is 63.6 Å². The number of imide groups is 1. The molecule has 52 heavy (non-hydrogen) atoms. The molecule has 288 valence electrons. The third-order valence-electron chi connectivity index (χ3n) is 7.47. The average molecular weight is 793 g/mol. The maximum Gasteiger partial charge on any atom is 0.427 e. The Morgan fingerprint density at radius 1 is 1.15 bits per heavy atom. The van der Waals surface area contributed by atoms with Gasteiger partial charge in [0, 0.05) is 12.7 Å². The molecule has 0 bridgehead atoms. The number of nitrogens with one attached hydrogen (secondary N) is 1. The summed E-state index contributed by atoms with van der Waals surface area (Å²) in [4.78, 5) is 64.7. The van der Waals surface area contributed by atoms with Crippen molar-refractivity contribution in [2.45, 2.75) is 72.8 Å². The van der Waals surface area contributed by atoms with Crippen LogP contribution in [0.2, 0.25) is 5.02 Å². The van der Waals surface area contributed by atoms with E-state index in [1.165, 1.54) is 6.07 Å². The molecule has 1 aliphatic carbocycles. The first-order valence-corrected chi connectivity index (χ1v) is 19.1. The van der Waals surface area contributed by atoms with E-state index in [2.05, 4.69) is 12.2 Å². The Bertz CT molecular complexity index is 1660. The maximum absolute atomic E-state index is 14.3. The van der Waals surface area contributed by atoms with Gasteiger partial charge in [-0.3, -0.25) is 29.2 Å². The Labute approximate surface area is 312 Å². The summed E-state index contributed by atoms with van der Waals surface area (Å²) < 4.78 is 40.5.